The van der Waals surface area contributed by atoms with Crippen molar-refractivity contribution in [3.05, 3.63) is 105 Å². The Balaban J connectivity index is 0.736. The number of rotatable bonds is 10. The van der Waals surface area contributed by atoms with Crippen LogP contribution in [0.3, 0.4) is 0 Å². The molecular weight excluding hydrogens is 833 g/mol. The van der Waals surface area contributed by atoms with Gasteiger partial charge in [0, 0.05) is 108 Å². The quantitative estimate of drug-likeness (QED) is 0.143. The number of carbonyl (C=O) groups excluding carboxylic acids is 2. The highest BCUT2D eigenvalue weighted by Gasteiger charge is 2.30. The normalized spacial score (nSPS) is 20.4. The number of anilines is 2. The molecule has 5 aromatic rings. The standard InChI is InChI=1S/C45H50BrClFN9O2/c46-37-26-49-44-41(42(37)57-23-21-55(22-24-57)28-31-3-8-35(47)9-4-31)51-43(52-44)33-5-1-30(2-6-33)27-53-17-19-54(20-18-53)29-32-13-15-56(16-14-32)39-11-7-34(25-38(39)48)36-10-12-40(58)50-45(36)59/h1-9,11,25-26,32,36H,10,12-24,27-29H2,(H,49,51,52)(H,50,58,59)/t36-/m0/s1. The van der Waals surface area contributed by atoms with Gasteiger partial charge in [0.25, 0.3) is 0 Å². The van der Waals surface area contributed by atoms with Crippen LogP contribution in [0.2, 0.25) is 5.02 Å². The van der Waals surface area contributed by atoms with Gasteiger partial charge in [0.2, 0.25) is 11.8 Å². The molecule has 4 saturated heterocycles. The van der Waals surface area contributed by atoms with Gasteiger partial charge in [0.05, 0.1) is 21.8 Å². The molecule has 4 fully saturated rings. The van der Waals surface area contributed by atoms with Gasteiger partial charge in [-0.3, -0.25) is 24.7 Å². The van der Waals surface area contributed by atoms with Crippen LogP contribution in [-0.4, -0.2) is 113 Å². The van der Waals surface area contributed by atoms with Crippen LogP contribution in [-0.2, 0) is 22.7 Å². The Morgan fingerprint density at radius 1 is 0.763 bits per heavy atom. The summed E-state index contributed by atoms with van der Waals surface area (Å²) in [5.74, 6) is 0.0588. The molecule has 4 aliphatic heterocycles. The number of H-pyrrole nitrogens is 1. The average Bonchev–Trinajstić information content (AvgIpc) is 3.68. The second kappa shape index (κ2) is 17.7. The smallest absolute Gasteiger partial charge is 0.234 e. The van der Waals surface area contributed by atoms with E-state index in [0.717, 1.165) is 136 Å². The van der Waals surface area contributed by atoms with Crippen molar-refractivity contribution in [3.63, 3.8) is 0 Å². The minimum atomic E-state index is -0.474. The van der Waals surface area contributed by atoms with E-state index in [1.54, 1.807) is 6.07 Å². The van der Waals surface area contributed by atoms with E-state index in [1.807, 2.05) is 24.4 Å². The van der Waals surface area contributed by atoms with Crippen LogP contribution in [0.25, 0.3) is 22.6 Å². The lowest BCUT2D eigenvalue weighted by molar-refractivity contribution is -0.134. The second-order valence-electron chi connectivity index (χ2n) is 16.5. The summed E-state index contributed by atoms with van der Waals surface area (Å²) in [4.78, 5) is 49.2. The predicted octanol–water partition coefficient (Wildman–Crippen LogP) is 7.06. The fraction of sp³-hybridized carbons (Fsp3) is 0.422. The zero-order valence-corrected chi connectivity index (χ0v) is 35.5. The van der Waals surface area contributed by atoms with Gasteiger partial charge in [-0.1, -0.05) is 54.1 Å². The SMILES string of the molecule is O=C1CC[C@@H](c2ccc(N3CCC(CN4CCN(Cc5ccc(-c6nc7ncc(Br)c(N8CCN(Cc9ccc(Cl)cc9)CC8)c7[nH]6)cc5)CC4)CC3)c(F)c2)C(=O)N1. The molecule has 3 aromatic carbocycles. The number of aromatic amines is 1. The van der Waals surface area contributed by atoms with E-state index in [4.69, 9.17) is 16.6 Å². The number of fused-ring (bicyclic) bond motifs is 1. The molecule has 4 aliphatic rings. The summed E-state index contributed by atoms with van der Waals surface area (Å²) in [6, 6.07) is 22.0. The number of aromatic nitrogens is 3. The topological polar surface area (TPSA) is 104 Å². The number of hydrogen-bond acceptors (Lipinski definition) is 9. The number of imidazole rings is 1. The van der Waals surface area contributed by atoms with E-state index in [1.165, 1.54) is 17.2 Å². The third kappa shape index (κ3) is 9.19. The molecule has 0 radical (unpaired) electrons. The molecule has 2 N–H and O–H groups in total. The Morgan fingerprint density at radius 3 is 2.07 bits per heavy atom. The van der Waals surface area contributed by atoms with E-state index in [2.05, 4.69) is 92.1 Å². The largest absolute Gasteiger partial charge is 0.369 e. The molecule has 2 amide bonds. The number of nitrogens with zero attached hydrogens (tertiary/aromatic N) is 7. The van der Waals surface area contributed by atoms with Crippen molar-refractivity contribution in [2.24, 2.45) is 5.92 Å². The zero-order valence-electron chi connectivity index (χ0n) is 33.2. The number of amides is 2. The number of pyridine rings is 1. The number of hydrogen-bond donors (Lipinski definition) is 2. The maximum absolute atomic E-state index is 15.3. The second-order valence-corrected chi connectivity index (χ2v) is 17.8. The fourth-order valence-electron chi connectivity index (χ4n) is 9.23. The van der Waals surface area contributed by atoms with Crippen molar-refractivity contribution in [1.29, 1.82) is 0 Å². The van der Waals surface area contributed by atoms with Crippen LogP contribution in [0, 0.1) is 11.7 Å². The zero-order chi connectivity index (χ0) is 40.5. The van der Waals surface area contributed by atoms with Crippen molar-refractivity contribution in [2.45, 2.75) is 44.7 Å². The highest BCUT2D eigenvalue weighted by Crippen LogP contribution is 2.35. The lowest BCUT2D eigenvalue weighted by atomic mass is 9.90. The van der Waals surface area contributed by atoms with Gasteiger partial charge >= 0.3 is 0 Å². The molecule has 0 spiro atoms. The molecule has 14 heteroatoms. The van der Waals surface area contributed by atoms with Crippen molar-refractivity contribution in [3.8, 4) is 11.4 Å². The maximum Gasteiger partial charge on any atom is 0.234 e. The van der Waals surface area contributed by atoms with Gasteiger partial charge < -0.3 is 19.7 Å². The van der Waals surface area contributed by atoms with Crippen molar-refractivity contribution in [1.82, 2.24) is 35.0 Å². The summed E-state index contributed by atoms with van der Waals surface area (Å²) in [5.41, 5.74) is 7.65. The van der Waals surface area contributed by atoms with Gasteiger partial charge in [-0.15, -0.1) is 0 Å². The van der Waals surface area contributed by atoms with E-state index >= 15 is 4.39 Å². The summed E-state index contributed by atoms with van der Waals surface area (Å²) in [6.45, 7) is 12.5. The molecule has 1 atom stereocenters. The Morgan fingerprint density at radius 2 is 1.41 bits per heavy atom. The van der Waals surface area contributed by atoms with E-state index in [0.29, 0.717) is 23.6 Å². The molecule has 6 heterocycles. The number of piperidine rings is 2. The molecular formula is C45H50BrClFN9O2. The third-order valence-corrected chi connectivity index (χ3v) is 13.5. The third-order valence-electron chi connectivity index (χ3n) is 12.6. The number of halogens is 3. The predicted molar refractivity (Wildman–Crippen MR) is 234 cm³/mol. The fourth-order valence-corrected chi connectivity index (χ4v) is 9.91. The Kier molecular flexibility index (Phi) is 12.0. The van der Waals surface area contributed by atoms with Crippen LogP contribution in [0.15, 0.2) is 77.4 Å². The van der Waals surface area contributed by atoms with Crippen LogP contribution in [0.5, 0.6) is 0 Å². The van der Waals surface area contributed by atoms with Crippen molar-refractivity contribution >= 4 is 61.9 Å². The highest BCUT2D eigenvalue weighted by molar-refractivity contribution is 9.10. The first-order chi connectivity index (χ1) is 28.7. The van der Waals surface area contributed by atoms with E-state index in [-0.39, 0.29) is 24.1 Å². The van der Waals surface area contributed by atoms with Gasteiger partial charge in [-0.2, -0.15) is 0 Å². The summed E-state index contributed by atoms with van der Waals surface area (Å²) in [7, 11) is 0. The summed E-state index contributed by atoms with van der Waals surface area (Å²) in [5, 5.41) is 3.14. The number of piperazine rings is 2. The van der Waals surface area contributed by atoms with E-state index < -0.39 is 5.92 Å². The molecule has 308 valence electrons. The minimum Gasteiger partial charge on any atom is -0.369 e. The van der Waals surface area contributed by atoms with Gasteiger partial charge in [0.15, 0.2) is 5.65 Å². The van der Waals surface area contributed by atoms with Crippen LogP contribution >= 0.6 is 27.5 Å². The van der Waals surface area contributed by atoms with Crippen LogP contribution in [0.4, 0.5) is 15.8 Å². The molecule has 0 unspecified atom stereocenters. The average molecular weight is 883 g/mol. The molecule has 2 aromatic heterocycles. The molecule has 59 heavy (non-hydrogen) atoms. The van der Waals surface area contributed by atoms with Crippen LogP contribution in [0.1, 0.15) is 48.3 Å². The summed E-state index contributed by atoms with van der Waals surface area (Å²) < 4.78 is 16.2. The monoisotopic (exact) mass is 881 g/mol. The highest BCUT2D eigenvalue weighted by atomic mass is 79.9. The maximum atomic E-state index is 15.3. The lowest BCUT2D eigenvalue weighted by Gasteiger charge is -2.39. The number of benzene rings is 3. The van der Waals surface area contributed by atoms with Crippen molar-refractivity contribution in [2.75, 3.05) is 81.8 Å². The first kappa shape index (κ1) is 40.0. The first-order valence-corrected chi connectivity index (χ1v) is 22.1. The molecule has 0 bridgehead atoms. The number of imide groups is 1. The van der Waals surface area contributed by atoms with Gasteiger partial charge in [0.1, 0.15) is 17.2 Å². The van der Waals surface area contributed by atoms with E-state index in [9.17, 15) is 9.59 Å². The van der Waals surface area contributed by atoms with Gasteiger partial charge in [-0.05, 0) is 82.1 Å². The Bertz CT molecular complexity index is 2280. The molecule has 11 nitrogen and oxygen atoms in total. The molecule has 0 saturated carbocycles. The summed E-state index contributed by atoms with van der Waals surface area (Å²) >= 11 is 9.88. The number of carbonyl (C=O) groups is 2. The molecule has 9 rings (SSSR count). The number of nitrogens with one attached hydrogen (secondary N) is 2. The first-order valence-electron chi connectivity index (χ1n) is 20.9. The lowest BCUT2D eigenvalue weighted by Crippen LogP contribution is -2.48. The Hall–Kier alpha value is -4.40. The van der Waals surface area contributed by atoms with Gasteiger partial charge in [-0.25, -0.2) is 14.4 Å². The minimum absolute atomic E-state index is 0.260. The van der Waals surface area contributed by atoms with Crippen molar-refractivity contribution < 1.29 is 14.0 Å². The van der Waals surface area contributed by atoms with Crippen LogP contribution < -0.4 is 15.1 Å². The Labute approximate surface area is 358 Å². The molecule has 0 aliphatic carbocycles. The summed E-state index contributed by atoms with van der Waals surface area (Å²) in [6.07, 6.45) is 4.64.